The van der Waals surface area contributed by atoms with Gasteiger partial charge in [0.15, 0.2) is 0 Å². The average Bonchev–Trinajstić information content (AvgIpc) is 2.94. The Labute approximate surface area is 135 Å². The molecule has 9 nitrogen and oxygen atoms in total. The number of nitrogens with two attached hydrogens (primary N) is 1. The Morgan fingerprint density at radius 1 is 1.43 bits per heavy atom. The van der Waals surface area contributed by atoms with Crippen LogP contribution in [-0.4, -0.2) is 29.0 Å². The van der Waals surface area contributed by atoms with Gasteiger partial charge in [0.1, 0.15) is 11.4 Å². The van der Waals surface area contributed by atoms with E-state index in [-0.39, 0.29) is 22.5 Å². The second-order valence-corrected chi connectivity index (χ2v) is 6.84. The highest BCUT2D eigenvalue weighted by Crippen LogP contribution is 2.35. The Bertz CT molecular complexity index is 875. The van der Waals surface area contributed by atoms with Crippen LogP contribution in [0, 0.1) is 6.92 Å². The third-order valence-corrected chi connectivity index (χ3v) is 4.27. The molecule has 1 heterocycles. The van der Waals surface area contributed by atoms with Gasteiger partial charge in [0, 0.05) is 11.6 Å². The first kappa shape index (κ1) is 17.0. The molecule has 0 fully saturated rings. The Kier molecular flexibility index (Phi) is 4.73. The number of anilines is 1. The number of nitrogens with zero attached hydrogens (tertiary/aromatic N) is 3. The van der Waals surface area contributed by atoms with Crippen molar-refractivity contribution in [1.82, 2.24) is 4.98 Å². The van der Waals surface area contributed by atoms with Gasteiger partial charge in [-0.25, -0.2) is 9.78 Å². The van der Waals surface area contributed by atoms with E-state index < -0.39 is 21.8 Å². The molecule has 11 heteroatoms. The van der Waals surface area contributed by atoms with E-state index in [1.165, 1.54) is 24.5 Å². The molecule has 1 aromatic carbocycles. The summed E-state index contributed by atoms with van der Waals surface area (Å²) in [6.07, 6.45) is 1.51. The van der Waals surface area contributed by atoms with Crippen molar-refractivity contribution in [1.29, 1.82) is 0 Å². The SMILES string of the molecule is Cc1c(CS(=O)(=O)O)cc(C(=O)O)c(N=Nc2nccs2)c1N. The van der Waals surface area contributed by atoms with Gasteiger partial charge in [-0.2, -0.15) is 8.42 Å². The number of aromatic carboxylic acids is 1. The topological polar surface area (TPSA) is 155 Å². The van der Waals surface area contributed by atoms with Crippen molar-refractivity contribution in [2.24, 2.45) is 10.2 Å². The third kappa shape index (κ3) is 4.09. The number of rotatable bonds is 5. The van der Waals surface area contributed by atoms with Gasteiger partial charge < -0.3 is 10.8 Å². The first-order valence-corrected chi connectivity index (χ1v) is 8.59. The van der Waals surface area contributed by atoms with Gasteiger partial charge in [0.25, 0.3) is 10.1 Å². The number of nitrogen functional groups attached to an aromatic ring is 1. The first-order chi connectivity index (χ1) is 10.7. The van der Waals surface area contributed by atoms with Crippen LogP contribution in [0.4, 0.5) is 16.5 Å². The zero-order valence-electron chi connectivity index (χ0n) is 11.8. The molecule has 23 heavy (non-hydrogen) atoms. The molecule has 2 aromatic rings. The van der Waals surface area contributed by atoms with Crippen molar-refractivity contribution in [2.45, 2.75) is 12.7 Å². The fourth-order valence-electron chi connectivity index (χ4n) is 1.82. The number of thiazole rings is 1. The molecular formula is C12H12N4O5S2. The number of benzene rings is 1. The lowest BCUT2D eigenvalue weighted by atomic mass is 10.0. The van der Waals surface area contributed by atoms with Crippen molar-refractivity contribution in [3.8, 4) is 0 Å². The summed E-state index contributed by atoms with van der Waals surface area (Å²) >= 11 is 1.21. The quantitative estimate of drug-likeness (QED) is 0.422. The highest BCUT2D eigenvalue weighted by molar-refractivity contribution is 7.85. The van der Waals surface area contributed by atoms with E-state index in [0.717, 1.165) is 6.07 Å². The molecule has 0 aliphatic carbocycles. The maximum atomic E-state index is 11.4. The molecule has 0 radical (unpaired) electrons. The molecule has 122 valence electrons. The number of hydrogen-bond donors (Lipinski definition) is 3. The minimum Gasteiger partial charge on any atom is -0.478 e. The van der Waals surface area contributed by atoms with Crippen LogP contribution >= 0.6 is 11.3 Å². The summed E-state index contributed by atoms with van der Waals surface area (Å²) in [7, 11) is -4.33. The summed E-state index contributed by atoms with van der Waals surface area (Å²) < 4.78 is 31.0. The summed E-state index contributed by atoms with van der Waals surface area (Å²) in [6, 6.07) is 1.11. The molecule has 0 aliphatic heterocycles. The lowest BCUT2D eigenvalue weighted by Gasteiger charge is -2.12. The van der Waals surface area contributed by atoms with E-state index in [9.17, 15) is 18.3 Å². The summed E-state index contributed by atoms with van der Waals surface area (Å²) in [5.74, 6) is -2.09. The van der Waals surface area contributed by atoms with Crippen LogP contribution in [0.5, 0.6) is 0 Å². The molecule has 4 N–H and O–H groups in total. The van der Waals surface area contributed by atoms with Gasteiger partial charge in [-0.1, -0.05) is 0 Å². The second-order valence-electron chi connectivity index (χ2n) is 4.52. The maximum Gasteiger partial charge on any atom is 0.338 e. The van der Waals surface area contributed by atoms with Crippen LogP contribution in [0.3, 0.4) is 0 Å². The standard InChI is InChI=1S/C12H12N4O5S2/c1-6-7(5-23(19,20)21)4-8(11(17)18)10(9(6)13)15-16-12-14-2-3-22-12/h2-4H,5,13H2,1H3,(H,17,18)(H,19,20,21). The van der Waals surface area contributed by atoms with Gasteiger partial charge in [-0.3, -0.25) is 4.55 Å². The zero-order chi connectivity index (χ0) is 17.2. The van der Waals surface area contributed by atoms with E-state index >= 15 is 0 Å². The van der Waals surface area contributed by atoms with Crippen LogP contribution in [0.1, 0.15) is 21.5 Å². The number of carboxylic acid groups (broad SMARTS) is 1. The predicted molar refractivity (Wildman–Crippen MR) is 84.1 cm³/mol. The molecule has 0 unspecified atom stereocenters. The number of carboxylic acids is 1. The van der Waals surface area contributed by atoms with Crippen molar-refractivity contribution in [3.63, 3.8) is 0 Å². The molecule has 1 aromatic heterocycles. The van der Waals surface area contributed by atoms with E-state index in [1.807, 2.05) is 0 Å². The number of hydrogen-bond acceptors (Lipinski definition) is 8. The van der Waals surface area contributed by atoms with E-state index in [0.29, 0.717) is 10.7 Å². The van der Waals surface area contributed by atoms with Crippen LogP contribution in [0.15, 0.2) is 27.9 Å². The third-order valence-electron chi connectivity index (χ3n) is 2.94. The van der Waals surface area contributed by atoms with Crippen molar-refractivity contribution < 1.29 is 22.9 Å². The lowest BCUT2D eigenvalue weighted by molar-refractivity contribution is 0.0697. The minimum absolute atomic E-state index is 0.0242. The van der Waals surface area contributed by atoms with Crippen molar-refractivity contribution >= 4 is 43.9 Å². The number of aromatic nitrogens is 1. The van der Waals surface area contributed by atoms with E-state index in [4.69, 9.17) is 10.3 Å². The molecule has 0 spiro atoms. The highest BCUT2D eigenvalue weighted by Gasteiger charge is 2.20. The molecule has 0 atom stereocenters. The number of carbonyl (C=O) groups is 1. The van der Waals surface area contributed by atoms with Gasteiger partial charge in [-0.15, -0.1) is 21.6 Å². The summed E-state index contributed by atoms with van der Waals surface area (Å²) in [5, 5.41) is 18.9. The van der Waals surface area contributed by atoms with Gasteiger partial charge in [0.05, 0.1) is 11.3 Å². The summed E-state index contributed by atoms with van der Waals surface area (Å²) in [6.45, 7) is 1.50. The molecule has 0 amide bonds. The number of azo groups is 1. The van der Waals surface area contributed by atoms with Crippen molar-refractivity contribution in [2.75, 3.05) is 5.73 Å². The second kappa shape index (κ2) is 6.40. The lowest BCUT2D eigenvalue weighted by Crippen LogP contribution is -2.08. The van der Waals surface area contributed by atoms with Gasteiger partial charge in [-0.05, 0) is 24.1 Å². The van der Waals surface area contributed by atoms with Crippen LogP contribution in [0.25, 0.3) is 0 Å². The smallest absolute Gasteiger partial charge is 0.338 e. The maximum absolute atomic E-state index is 11.4. The molecule has 0 aliphatic rings. The largest absolute Gasteiger partial charge is 0.478 e. The zero-order valence-corrected chi connectivity index (χ0v) is 13.4. The Balaban J connectivity index is 2.58. The molecule has 0 saturated heterocycles. The van der Waals surface area contributed by atoms with E-state index in [2.05, 4.69) is 15.2 Å². The molecule has 2 rings (SSSR count). The molecule has 0 saturated carbocycles. The Hall–Kier alpha value is -2.37. The van der Waals surface area contributed by atoms with Crippen molar-refractivity contribution in [3.05, 3.63) is 34.3 Å². The van der Waals surface area contributed by atoms with Gasteiger partial charge in [0.2, 0.25) is 5.13 Å². The van der Waals surface area contributed by atoms with Crippen LogP contribution in [-0.2, 0) is 15.9 Å². The molecule has 0 bridgehead atoms. The molecular weight excluding hydrogens is 344 g/mol. The first-order valence-electron chi connectivity index (χ1n) is 6.10. The highest BCUT2D eigenvalue weighted by atomic mass is 32.2. The van der Waals surface area contributed by atoms with Gasteiger partial charge >= 0.3 is 5.97 Å². The average molecular weight is 356 g/mol. The van der Waals surface area contributed by atoms with E-state index in [1.54, 1.807) is 5.38 Å². The Morgan fingerprint density at radius 3 is 2.65 bits per heavy atom. The minimum atomic E-state index is -4.33. The predicted octanol–water partition coefficient (Wildman–Crippen LogP) is 2.54. The Morgan fingerprint density at radius 2 is 2.13 bits per heavy atom. The van der Waals surface area contributed by atoms with Crippen LogP contribution in [0.2, 0.25) is 0 Å². The monoisotopic (exact) mass is 356 g/mol. The fourth-order valence-corrected chi connectivity index (χ4v) is 2.97. The summed E-state index contributed by atoms with van der Waals surface area (Å²) in [4.78, 5) is 15.3. The normalized spacial score (nSPS) is 11.9. The fraction of sp³-hybridized carbons (Fsp3) is 0.167. The van der Waals surface area contributed by atoms with Crippen LogP contribution < -0.4 is 5.73 Å². The summed E-state index contributed by atoms with van der Waals surface area (Å²) in [5.41, 5.74) is 5.82.